The number of thioether (sulfide) groups is 1. The van der Waals surface area contributed by atoms with E-state index in [1.165, 1.54) is 23.6 Å². The Labute approximate surface area is 219 Å². The van der Waals surface area contributed by atoms with Gasteiger partial charge in [-0.15, -0.1) is 11.8 Å². The van der Waals surface area contributed by atoms with Gasteiger partial charge in [0.25, 0.3) is 0 Å². The molecule has 37 heavy (non-hydrogen) atoms. The fourth-order valence-electron chi connectivity index (χ4n) is 4.76. The molecule has 0 spiro atoms. The second-order valence-corrected chi connectivity index (χ2v) is 10.4. The molecule has 2 aliphatic rings. The molecule has 6 nitrogen and oxygen atoms in total. The zero-order chi connectivity index (χ0) is 25.9. The first-order valence-electron chi connectivity index (χ1n) is 12.2. The number of carbonyl (C=O) groups excluding carboxylic acids is 4. The summed E-state index contributed by atoms with van der Waals surface area (Å²) < 4.78 is 0. The maximum absolute atomic E-state index is 13.3. The van der Waals surface area contributed by atoms with Crippen molar-refractivity contribution >= 4 is 46.6 Å². The molecule has 1 N–H and O–H groups in total. The van der Waals surface area contributed by atoms with Gasteiger partial charge in [0.15, 0.2) is 5.78 Å². The van der Waals surface area contributed by atoms with Gasteiger partial charge >= 0.3 is 0 Å². The quantitative estimate of drug-likeness (QED) is 0.188. The van der Waals surface area contributed by atoms with Gasteiger partial charge in [-0.3, -0.25) is 24.1 Å². The predicted octanol–water partition coefficient (Wildman–Crippen LogP) is 5.82. The van der Waals surface area contributed by atoms with Gasteiger partial charge in [0, 0.05) is 16.1 Å². The van der Waals surface area contributed by atoms with Crippen molar-refractivity contribution in [1.82, 2.24) is 0 Å². The molecule has 7 heteroatoms. The lowest BCUT2D eigenvalue weighted by Crippen LogP contribution is -2.30. The summed E-state index contributed by atoms with van der Waals surface area (Å²) in [7, 11) is 0. The Morgan fingerprint density at radius 3 is 2.00 bits per heavy atom. The molecule has 0 unspecified atom stereocenters. The average Bonchev–Trinajstić information content (AvgIpc) is 3.18. The summed E-state index contributed by atoms with van der Waals surface area (Å²) in [6.45, 7) is 1.50. The van der Waals surface area contributed by atoms with Crippen LogP contribution in [0.25, 0.3) is 0 Å². The molecule has 0 radical (unpaired) electrons. The lowest BCUT2D eigenvalue weighted by Gasteiger charge is -2.19. The number of benzene rings is 3. The van der Waals surface area contributed by atoms with Gasteiger partial charge in [-0.2, -0.15) is 0 Å². The highest BCUT2D eigenvalue weighted by molar-refractivity contribution is 8.00. The summed E-state index contributed by atoms with van der Waals surface area (Å²) in [6, 6.07) is 23.5. The van der Waals surface area contributed by atoms with E-state index in [9.17, 15) is 19.2 Å². The zero-order valence-corrected chi connectivity index (χ0v) is 21.1. The average molecular weight is 511 g/mol. The molecule has 186 valence electrons. The van der Waals surface area contributed by atoms with Gasteiger partial charge in [0.1, 0.15) is 5.25 Å². The molecule has 1 aliphatic heterocycles. The number of anilines is 2. The van der Waals surface area contributed by atoms with Crippen LogP contribution in [0.4, 0.5) is 11.4 Å². The Hall–Kier alpha value is -3.97. The Bertz CT molecular complexity index is 1340. The van der Waals surface area contributed by atoms with Gasteiger partial charge < -0.3 is 5.32 Å². The van der Waals surface area contributed by atoms with Crippen molar-refractivity contribution < 1.29 is 19.2 Å². The van der Waals surface area contributed by atoms with Crippen molar-refractivity contribution in [2.75, 3.05) is 10.2 Å². The number of ketones is 1. The Morgan fingerprint density at radius 2 is 1.43 bits per heavy atom. The van der Waals surface area contributed by atoms with Crippen LogP contribution in [0.3, 0.4) is 0 Å². The third-order valence-electron chi connectivity index (χ3n) is 6.76. The maximum atomic E-state index is 13.3. The van der Waals surface area contributed by atoms with Crippen molar-refractivity contribution in [2.45, 2.75) is 29.9 Å². The van der Waals surface area contributed by atoms with E-state index in [1.54, 1.807) is 36.4 Å². The van der Waals surface area contributed by atoms with E-state index in [0.29, 0.717) is 29.8 Å². The Balaban J connectivity index is 1.34. The van der Waals surface area contributed by atoms with Gasteiger partial charge in [0.2, 0.25) is 17.7 Å². The molecule has 1 aliphatic carbocycles. The molecule has 1 saturated heterocycles. The Kier molecular flexibility index (Phi) is 7.06. The summed E-state index contributed by atoms with van der Waals surface area (Å²) in [5, 5.41) is 2.41. The largest absolute Gasteiger partial charge is 0.325 e. The van der Waals surface area contributed by atoms with Crippen LogP contribution in [0.15, 0.2) is 95.9 Å². The number of Topliss-reactive ketones (excluding diaryl/α,β-unsaturated/α-hetero) is 1. The van der Waals surface area contributed by atoms with Crippen LogP contribution in [-0.2, 0) is 14.4 Å². The first-order valence-corrected chi connectivity index (χ1v) is 13.1. The summed E-state index contributed by atoms with van der Waals surface area (Å²) >= 11 is 1.39. The fraction of sp³-hybridized carbons (Fsp3) is 0.200. The van der Waals surface area contributed by atoms with Crippen molar-refractivity contribution in [2.24, 2.45) is 11.8 Å². The van der Waals surface area contributed by atoms with Crippen LogP contribution >= 0.6 is 11.8 Å². The van der Waals surface area contributed by atoms with Crippen molar-refractivity contribution in [3.8, 4) is 0 Å². The van der Waals surface area contributed by atoms with E-state index < -0.39 is 5.25 Å². The number of nitrogens with one attached hydrogen (secondary N) is 1. The molecule has 1 fully saturated rings. The summed E-state index contributed by atoms with van der Waals surface area (Å²) in [4.78, 5) is 52.9. The Morgan fingerprint density at radius 1 is 0.838 bits per heavy atom. The lowest BCUT2D eigenvalue weighted by molar-refractivity contribution is -0.122. The SMILES string of the molecule is CC(=O)c1ccc(NC(=O)[C@H](Sc2ccc(N3C(=O)[C@H]4CC=CC[C@H]4C3=O)cc2)c2ccccc2)cc1. The van der Waals surface area contributed by atoms with Crippen LogP contribution in [0.2, 0.25) is 0 Å². The molecule has 3 aromatic carbocycles. The van der Waals surface area contributed by atoms with E-state index in [4.69, 9.17) is 0 Å². The van der Waals surface area contributed by atoms with Crippen LogP contribution in [0.5, 0.6) is 0 Å². The number of hydrogen-bond donors (Lipinski definition) is 1. The zero-order valence-electron chi connectivity index (χ0n) is 20.3. The second kappa shape index (κ2) is 10.6. The van der Waals surface area contributed by atoms with Crippen LogP contribution in [-0.4, -0.2) is 23.5 Å². The summed E-state index contributed by atoms with van der Waals surface area (Å²) in [6.07, 6.45) is 5.15. The number of carbonyl (C=O) groups is 4. The van der Waals surface area contributed by atoms with E-state index >= 15 is 0 Å². The highest BCUT2D eigenvalue weighted by atomic mass is 32.2. The van der Waals surface area contributed by atoms with Crippen molar-refractivity contribution in [3.63, 3.8) is 0 Å². The van der Waals surface area contributed by atoms with Gasteiger partial charge in [0.05, 0.1) is 17.5 Å². The molecule has 3 amide bonds. The molecule has 3 atom stereocenters. The van der Waals surface area contributed by atoms with E-state index in [-0.39, 0.29) is 35.3 Å². The van der Waals surface area contributed by atoms with Crippen LogP contribution in [0.1, 0.15) is 40.9 Å². The lowest BCUT2D eigenvalue weighted by atomic mass is 9.85. The fourth-order valence-corrected chi connectivity index (χ4v) is 5.79. The number of fused-ring (bicyclic) bond motifs is 1. The highest BCUT2D eigenvalue weighted by Gasteiger charge is 2.47. The topological polar surface area (TPSA) is 83.6 Å². The van der Waals surface area contributed by atoms with Crippen molar-refractivity contribution in [3.05, 3.63) is 102 Å². The second-order valence-electron chi connectivity index (χ2n) is 9.19. The molecular formula is C30H26N2O4S. The number of hydrogen-bond acceptors (Lipinski definition) is 5. The number of imide groups is 1. The standard InChI is InChI=1S/C30H26N2O4S/c1-19(33)20-11-13-22(14-12-20)31-28(34)27(21-7-3-2-4-8-21)37-24-17-15-23(16-18-24)32-29(35)25-9-5-6-10-26(25)30(32)36/h2-8,11-18,25-27H,9-10H2,1H3,(H,31,34)/t25-,26+,27-/m1/s1. The van der Waals surface area contributed by atoms with Crippen LogP contribution < -0.4 is 10.2 Å². The summed E-state index contributed by atoms with van der Waals surface area (Å²) in [5.41, 5.74) is 2.59. The van der Waals surface area contributed by atoms with E-state index in [2.05, 4.69) is 5.32 Å². The summed E-state index contributed by atoms with van der Waals surface area (Å²) in [5.74, 6) is -1.07. The smallest absolute Gasteiger partial charge is 0.242 e. The number of amides is 3. The van der Waals surface area contributed by atoms with E-state index in [0.717, 1.165) is 10.5 Å². The minimum atomic E-state index is -0.538. The molecule has 0 bridgehead atoms. The van der Waals surface area contributed by atoms with Crippen molar-refractivity contribution in [1.29, 1.82) is 0 Å². The molecule has 3 aromatic rings. The van der Waals surface area contributed by atoms with E-state index in [1.807, 2.05) is 54.6 Å². The third kappa shape index (κ3) is 5.13. The predicted molar refractivity (Wildman–Crippen MR) is 144 cm³/mol. The highest BCUT2D eigenvalue weighted by Crippen LogP contribution is 2.40. The number of nitrogens with zero attached hydrogens (tertiary/aromatic N) is 1. The minimum absolute atomic E-state index is 0.0354. The number of allylic oxidation sites excluding steroid dienone is 2. The first-order chi connectivity index (χ1) is 17.9. The molecule has 0 saturated carbocycles. The molecular weight excluding hydrogens is 484 g/mol. The minimum Gasteiger partial charge on any atom is -0.325 e. The van der Waals surface area contributed by atoms with Gasteiger partial charge in [-0.25, -0.2) is 0 Å². The third-order valence-corrected chi connectivity index (χ3v) is 8.02. The monoisotopic (exact) mass is 510 g/mol. The first kappa shape index (κ1) is 24.7. The number of rotatable bonds is 7. The van der Waals surface area contributed by atoms with Gasteiger partial charge in [-0.05, 0) is 73.9 Å². The van der Waals surface area contributed by atoms with Gasteiger partial charge in [-0.1, -0.05) is 42.5 Å². The normalized spacial score (nSPS) is 19.4. The molecule has 1 heterocycles. The van der Waals surface area contributed by atoms with Crippen LogP contribution in [0, 0.1) is 11.8 Å². The molecule has 0 aromatic heterocycles. The molecule has 5 rings (SSSR count). The maximum Gasteiger partial charge on any atom is 0.242 e.